The Hall–Kier alpha value is -3.79. The molecule has 2 atom stereocenters. The van der Waals surface area contributed by atoms with E-state index in [0.717, 1.165) is 0 Å². The molecule has 212 valence electrons. The summed E-state index contributed by atoms with van der Waals surface area (Å²) < 4.78 is 51.5. The molecule has 1 fully saturated rings. The van der Waals surface area contributed by atoms with E-state index in [1.54, 1.807) is 39.0 Å². The highest BCUT2D eigenvalue weighted by atomic mass is 19.4. The number of Topliss-reactive ketones (excluding diaryl/α,β-unsaturated/α-hetero) is 1. The third kappa shape index (κ3) is 7.00. The number of carbonyl (C=O) groups excluding carboxylic acids is 2. The molecule has 1 aliphatic rings. The molecular weight excluding hydrogens is 519 g/mol. The molecule has 2 heterocycles. The van der Waals surface area contributed by atoms with E-state index in [2.05, 4.69) is 10.4 Å². The van der Waals surface area contributed by atoms with Crippen LogP contribution in [0.3, 0.4) is 0 Å². The zero-order valence-corrected chi connectivity index (χ0v) is 22.7. The molecule has 0 amide bonds. The number of nitrogens with one attached hydrogen (secondary N) is 1. The van der Waals surface area contributed by atoms with Crippen LogP contribution in [0.4, 0.5) is 19.0 Å². The molecule has 39 heavy (non-hydrogen) atoms. The molecule has 0 aliphatic carbocycles. The van der Waals surface area contributed by atoms with Crippen LogP contribution in [-0.2, 0) is 14.4 Å². The Morgan fingerprint density at radius 3 is 2.28 bits per heavy atom. The smallest absolute Gasteiger partial charge is 0.405 e. The van der Waals surface area contributed by atoms with Crippen LogP contribution in [-0.4, -0.2) is 66.6 Å². The largest absolute Gasteiger partial charge is 0.497 e. The Bertz CT molecular complexity index is 1240. The standard InChI is InChI=1S/C26H32F3N5O5/c1-15(35)21(16-9-18(37-5)11-19(10-16)38-6)22-20(12-30)23(31-14-26(27,28)29)34(32-22)17-7-8-33(13-17)39-24(36)25(2,3)4/h9-11,17,21,31H,7-8,13-14H2,1-6H3/t17-,21?/m0/s1. The fraction of sp³-hybridized carbons (Fsp3) is 0.538. The number of ketones is 1. The number of ether oxygens (including phenoxy) is 2. The van der Waals surface area contributed by atoms with Gasteiger partial charge >= 0.3 is 12.1 Å². The molecule has 2 aromatic rings. The van der Waals surface area contributed by atoms with E-state index in [9.17, 15) is 28.0 Å². The third-order valence-corrected chi connectivity index (χ3v) is 6.19. The number of benzene rings is 1. The number of hydroxylamine groups is 2. The van der Waals surface area contributed by atoms with E-state index >= 15 is 0 Å². The van der Waals surface area contributed by atoms with Gasteiger partial charge in [0.15, 0.2) is 0 Å². The molecule has 0 saturated carbocycles. The Balaban J connectivity index is 2.10. The van der Waals surface area contributed by atoms with Crippen molar-refractivity contribution in [2.24, 2.45) is 5.41 Å². The van der Waals surface area contributed by atoms with Gasteiger partial charge in [0.1, 0.15) is 41.3 Å². The summed E-state index contributed by atoms with van der Waals surface area (Å²) in [6.07, 6.45) is -4.20. The molecule has 0 radical (unpaired) electrons. The lowest BCUT2D eigenvalue weighted by Gasteiger charge is -2.22. The van der Waals surface area contributed by atoms with Gasteiger partial charge < -0.3 is 19.6 Å². The molecule has 10 nitrogen and oxygen atoms in total. The molecular formula is C26H32F3N5O5. The second kappa shape index (κ2) is 11.5. The van der Waals surface area contributed by atoms with Crippen molar-refractivity contribution in [3.05, 3.63) is 35.0 Å². The molecule has 1 aromatic carbocycles. The van der Waals surface area contributed by atoms with Crippen molar-refractivity contribution in [2.45, 2.75) is 52.3 Å². The first-order chi connectivity index (χ1) is 18.2. The fourth-order valence-electron chi connectivity index (χ4n) is 4.21. The van der Waals surface area contributed by atoms with Crippen molar-refractivity contribution in [3.63, 3.8) is 0 Å². The van der Waals surface area contributed by atoms with Gasteiger partial charge in [0.25, 0.3) is 0 Å². The summed E-state index contributed by atoms with van der Waals surface area (Å²) in [7, 11) is 2.88. The van der Waals surface area contributed by atoms with E-state index in [1.165, 1.54) is 30.9 Å². The topological polar surface area (TPSA) is 119 Å². The number of carbonyl (C=O) groups is 2. The van der Waals surface area contributed by atoms with Crippen LogP contribution in [0.5, 0.6) is 11.5 Å². The van der Waals surface area contributed by atoms with Gasteiger partial charge in [-0.1, -0.05) is 0 Å². The normalized spacial score (nSPS) is 16.9. The number of halogens is 3. The average molecular weight is 552 g/mol. The average Bonchev–Trinajstić information content (AvgIpc) is 3.45. The summed E-state index contributed by atoms with van der Waals surface area (Å²) >= 11 is 0. The van der Waals surface area contributed by atoms with Crippen LogP contribution >= 0.6 is 0 Å². The minimum Gasteiger partial charge on any atom is -0.497 e. The minimum absolute atomic E-state index is 0.00452. The predicted octanol–water partition coefficient (Wildman–Crippen LogP) is 4.22. The number of nitriles is 1. The molecule has 0 spiro atoms. The third-order valence-electron chi connectivity index (χ3n) is 6.19. The summed E-state index contributed by atoms with van der Waals surface area (Å²) in [5.74, 6) is -1.33. The molecule has 3 rings (SSSR count). The maximum absolute atomic E-state index is 13.2. The Kier molecular flexibility index (Phi) is 8.80. The van der Waals surface area contributed by atoms with E-state index in [-0.39, 0.29) is 29.4 Å². The summed E-state index contributed by atoms with van der Waals surface area (Å²) in [5, 5.41) is 18.3. The maximum Gasteiger partial charge on any atom is 0.405 e. The van der Waals surface area contributed by atoms with Gasteiger partial charge in [-0.2, -0.15) is 23.5 Å². The highest BCUT2D eigenvalue weighted by Gasteiger charge is 2.37. The second-order valence-electron chi connectivity index (χ2n) is 10.3. The lowest BCUT2D eigenvalue weighted by atomic mass is 9.89. The molecule has 13 heteroatoms. The van der Waals surface area contributed by atoms with Crippen molar-refractivity contribution in [2.75, 3.05) is 39.2 Å². The van der Waals surface area contributed by atoms with Gasteiger partial charge in [-0.15, -0.1) is 5.06 Å². The SMILES string of the molecule is COc1cc(OC)cc(C(C(C)=O)c2nn([C@H]3CCN(OC(=O)C(C)(C)C)C3)c(NCC(F)(F)F)c2C#N)c1. The van der Waals surface area contributed by atoms with Crippen molar-refractivity contribution in [3.8, 4) is 17.6 Å². The summed E-state index contributed by atoms with van der Waals surface area (Å²) in [5.41, 5.74) is -0.549. The number of anilines is 1. The first kappa shape index (κ1) is 29.8. The van der Waals surface area contributed by atoms with Crippen LogP contribution in [0.1, 0.15) is 62.9 Å². The van der Waals surface area contributed by atoms with E-state index < -0.39 is 36.1 Å². The zero-order chi connectivity index (χ0) is 29.1. The minimum atomic E-state index is -4.58. The molecule has 1 N–H and O–H groups in total. The van der Waals surface area contributed by atoms with Crippen LogP contribution in [0.15, 0.2) is 18.2 Å². The molecule has 0 bridgehead atoms. The first-order valence-electron chi connectivity index (χ1n) is 12.2. The van der Waals surface area contributed by atoms with Crippen molar-refractivity contribution in [1.82, 2.24) is 14.8 Å². The van der Waals surface area contributed by atoms with E-state index in [1.807, 2.05) is 6.07 Å². The number of aromatic nitrogens is 2. The van der Waals surface area contributed by atoms with Crippen LogP contribution in [0, 0.1) is 16.7 Å². The molecule has 1 aliphatic heterocycles. The van der Waals surface area contributed by atoms with Gasteiger partial charge in [-0.3, -0.25) is 4.79 Å². The lowest BCUT2D eigenvalue weighted by Crippen LogP contribution is -2.32. The van der Waals surface area contributed by atoms with Crippen molar-refractivity contribution < 1.29 is 37.1 Å². The second-order valence-corrected chi connectivity index (χ2v) is 10.3. The monoisotopic (exact) mass is 551 g/mol. The molecule has 1 aromatic heterocycles. The van der Waals surface area contributed by atoms with Gasteiger partial charge in [0, 0.05) is 12.6 Å². The lowest BCUT2D eigenvalue weighted by molar-refractivity contribution is -0.195. The van der Waals surface area contributed by atoms with E-state index in [0.29, 0.717) is 30.0 Å². The van der Waals surface area contributed by atoms with Gasteiger partial charge in [-0.25, -0.2) is 9.48 Å². The Morgan fingerprint density at radius 2 is 1.79 bits per heavy atom. The fourth-order valence-corrected chi connectivity index (χ4v) is 4.21. The van der Waals surface area contributed by atoms with E-state index in [4.69, 9.17) is 14.3 Å². The Morgan fingerprint density at radius 1 is 1.18 bits per heavy atom. The number of hydrogen-bond donors (Lipinski definition) is 1. The first-order valence-corrected chi connectivity index (χ1v) is 12.2. The number of alkyl halides is 3. The maximum atomic E-state index is 13.2. The Labute approximate surface area is 224 Å². The highest BCUT2D eigenvalue weighted by molar-refractivity contribution is 5.88. The summed E-state index contributed by atoms with van der Waals surface area (Å²) in [6, 6.07) is 6.18. The summed E-state index contributed by atoms with van der Waals surface area (Å²) in [6.45, 7) is 5.45. The van der Waals surface area contributed by atoms with Crippen molar-refractivity contribution in [1.29, 1.82) is 5.26 Å². The number of methoxy groups -OCH3 is 2. The molecule has 1 unspecified atom stereocenters. The summed E-state index contributed by atoms with van der Waals surface area (Å²) in [4.78, 5) is 30.7. The number of rotatable bonds is 9. The van der Waals surface area contributed by atoms with Gasteiger partial charge in [0.2, 0.25) is 0 Å². The van der Waals surface area contributed by atoms with Crippen molar-refractivity contribution >= 4 is 17.6 Å². The van der Waals surface area contributed by atoms with Crippen LogP contribution in [0.2, 0.25) is 0 Å². The molecule has 1 saturated heterocycles. The number of hydrogen-bond acceptors (Lipinski definition) is 9. The highest BCUT2D eigenvalue weighted by Crippen LogP contribution is 2.38. The van der Waals surface area contributed by atoms with Crippen LogP contribution in [0.25, 0.3) is 0 Å². The predicted molar refractivity (Wildman–Crippen MR) is 134 cm³/mol. The number of nitrogens with zero attached hydrogens (tertiary/aromatic N) is 4. The quantitative estimate of drug-likeness (QED) is 0.489. The van der Waals surface area contributed by atoms with Gasteiger partial charge in [0.05, 0.1) is 43.8 Å². The zero-order valence-electron chi connectivity index (χ0n) is 22.7. The van der Waals surface area contributed by atoms with Gasteiger partial charge in [-0.05, 0) is 51.8 Å². The van der Waals surface area contributed by atoms with Crippen LogP contribution < -0.4 is 14.8 Å².